The van der Waals surface area contributed by atoms with Gasteiger partial charge in [0.2, 0.25) is 5.91 Å². The number of aliphatic hydroxyl groups excluding tert-OH is 5. The summed E-state index contributed by atoms with van der Waals surface area (Å²) in [5.74, 6) is -1.21. The second-order valence-corrected chi connectivity index (χ2v) is 25.3. The molecule has 0 spiro atoms. The van der Waals surface area contributed by atoms with Gasteiger partial charge in [0.15, 0.2) is 12.4 Å². The number of amides is 1. The third-order valence-corrected chi connectivity index (χ3v) is 17.0. The lowest BCUT2D eigenvalue weighted by atomic mass is 9.99. The minimum atomic E-state index is -1.62. The summed E-state index contributed by atoms with van der Waals surface area (Å²) in [7, 11) is 0. The first-order chi connectivity index (χ1) is 43.2. The Morgan fingerprint density at radius 2 is 0.818 bits per heavy atom. The first-order valence-corrected chi connectivity index (χ1v) is 36.9. The van der Waals surface area contributed by atoms with Crippen molar-refractivity contribution < 1.29 is 49.3 Å². The molecule has 11 heteroatoms. The average molecular weight is 1240 g/mol. The van der Waals surface area contributed by atoms with Crippen LogP contribution in [0.2, 0.25) is 0 Å². The Morgan fingerprint density at radius 1 is 0.455 bits per heavy atom. The predicted octanol–water partition coefficient (Wildman–Crippen LogP) is 19.2. The van der Waals surface area contributed by atoms with Gasteiger partial charge >= 0.3 is 5.97 Å². The molecule has 0 aliphatic carbocycles. The SMILES string of the molecule is CC/C=C\C/C=C\C/C=C\C/C=C\C/C=C\CCCCCCC(O)C(=O)NC(COC1OC(CO)C(O)C(O)C1OC(=O)CCCCCCCCCCCCCCCCCCC/C=C/CCCCCCCC)C(O)/C=C/CCCCCCCCCCCC. The number of carbonyl (C=O) groups excluding carboxylic acids is 2. The van der Waals surface area contributed by atoms with Crippen molar-refractivity contribution in [2.45, 2.75) is 378 Å². The summed E-state index contributed by atoms with van der Waals surface area (Å²) >= 11 is 0. The standard InChI is InChI=1S/C77H137NO10/c1-4-7-10-13-16-19-22-25-27-29-31-33-34-35-36-37-38-39-41-43-45-47-50-53-56-59-62-65-72(82)88-75-74(84)73(83)71(66-79)87-77(75)86-67-68(69(80)63-60-57-54-51-48-24-21-18-15-12-9-6-3)78-76(85)70(81)64-61-58-55-52-49-46-44-42-40-32-30-28-26-23-20-17-14-11-8-5-2/h8,11,17,20,25-28,32,40,44,46,60,63,68-71,73-75,77,79-81,83-84H,4-7,9-10,12-16,18-19,21-24,29-31,33-39,41-43,45,47-59,61-62,64-67H2,1-3H3,(H,78,85)/b11-8-,20-17-,27-25+,28-26-,40-32-,46-44-,63-60+. The highest BCUT2D eigenvalue weighted by Gasteiger charge is 2.47. The zero-order chi connectivity index (χ0) is 63.9. The lowest BCUT2D eigenvalue weighted by Gasteiger charge is -2.41. The van der Waals surface area contributed by atoms with E-state index in [0.29, 0.717) is 12.8 Å². The minimum Gasteiger partial charge on any atom is -0.454 e. The topological polar surface area (TPSA) is 175 Å². The van der Waals surface area contributed by atoms with Gasteiger partial charge in [-0.05, 0) is 96.3 Å². The molecule has 8 atom stereocenters. The van der Waals surface area contributed by atoms with Crippen molar-refractivity contribution in [2.24, 2.45) is 0 Å². The summed E-state index contributed by atoms with van der Waals surface area (Å²) in [6, 6.07) is -1.04. The van der Waals surface area contributed by atoms with E-state index < -0.39 is 67.4 Å². The van der Waals surface area contributed by atoms with Crippen LogP contribution in [-0.4, -0.2) is 99.6 Å². The molecule has 8 unspecified atom stereocenters. The van der Waals surface area contributed by atoms with Gasteiger partial charge in [-0.15, -0.1) is 0 Å². The van der Waals surface area contributed by atoms with E-state index in [1.165, 1.54) is 186 Å². The normalized spacial score (nSPS) is 18.7. The van der Waals surface area contributed by atoms with E-state index >= 15 is 0 Å². The minimum absolute atomic E-state index is 0.121. The van der Waals surface area contributed by atoms with Gasteiger partial charge in [-0.1, -0.05) is 311 Å². The zero-order valence-electron chi connectivity index (χ0n) is 56.8. The molecule has 0 radical (unpaired) electrons. The average Bonchev–Trinajstić information content (AvgIpc) is 2.78. The number of ether oxygens (including phenoxy) is 3. The maximum absolute atomic E-state index is 13.5. The predicted molar refractivity (Wildman–Crippen MR) is 370 cm³/mol. The van der Waals surface area contributed by atoms with Gasteiger partial charge in [0.05, 0.1) is 25.4 Å². The highest BCUT2D eigenvalue weighted by molar-refractivity contribution is 5.80. The van der Waals surface area contributed by atoms with Gasteiger partial charge in [0.25, 0.3) is 0 Å². The van der Waals surface area contributed by atoms with E-state index in [1.807, 2.05) is 6.08 Å². The number of nitrogens with one attached hydrogen (secondary N) is 1. The van der Waals surface area contributed by atoms with Crippen molar-refractivity contribution >= 4 is 11.9 Å². The third-order valence-electron chi connectivity index (χ3n) is 17.0. The Kier molecular flexibility index (Phi) is 60.2. The molecule has 1 aliphatic rings. The van der Waals surface area contributed by atoms with Crippen LogP contribution in [0.1, 0.15) is 329 Å². The molecular weight excluding hydrogens is 1100 g/mol. The van der Waals surface area contributed by atoms with Gasteiger partial charge in [-0.3, -0.25) is 9.59 Å². The van der Waals surface area contributed by atoms with Crippen LogP contribution in [-0.2, 0) is 23.8 Å². The molecule has 0 aromatic carbocycles. The molecule has 0 aromatic rings. The van der Waals surface area contributed by atoms with Crippen LogP contribution in [0.4, 0.5) is 0 Å². The maximum Gasteiger partial charge on any atom is 0.306 e. The molecule has 6 N–H and O–H groups in total. The molecule has 0 bridgehead atoms. The van der Waals surface area contributed by atoms with Crippen molar-refractivity contribution in [1.29, 1.82) is 0 Å². The Bertz CT molecular complexity index is 1760. The number of hydrogen-bond donors (Lipinski definition) is 6. The molecule has 1 aliphatic heterocycles. The summed E-state index contributed by atoms with van der Waals surface area (Å²) < 4.78 is 17.7. The first kappa shape index (κ1) is 82.9. The van der Waals surface area contributed by atoms with E-state index in [2.05, 4.69) is 99.0 Å². The van der Waals surface area contributed by atoms with Crippen LogP contribution in [0.5, 0.6) is 0 Å². The van der Waals surface area contributed by atoms with Crippen molar-refractivity contribution in [1.82, 2.24) is 5.32 Å². The van der Waals surface area contributed by atoms with Crippen LogP contribution < -0.4 is 5.32 Å². The molecule has 0 saturated carbocycles. The monoisotopic (exact) mass is 1240 g/mol. The largest absolute Gasteiger partial charge is 0.454 e. The molecule has 0 aromatic heterocycles. The van der Waals surface area contributed by atoms with Crippen molar-refractivity contribution in [3.63, 3.8) is 0 Å². The summed E-state index contributed by atoms with van der Waals surface area (Å²) in [4.78, 5) is 26.7. The van der Waals surface area contributed by atoms with Gasteiger partial charge in [0.1, 0.15) is 24.4 Å². The quantitative estimate of drug-likeness (QED) is 0.0195. The van der Waals surface area contributed by atoms with Gasteiger partial charge in [-0.25, -0.2) is 0 Å². The smallest absolute Gasteiger partial charge is 0.306 e. The number of unbranched alkanes of at least 4 members (excludes halogenated alkanes) is 37. The molecule has 1 fully saturated rings. The molecule has 1 rings (SSSR count). The van der Waals surface area contributed by atoms with Gasteiger partial charge in [0, 0.05) is 6.42 Å². The molecule has 510 valence electrons. The highest BCUT2D eigenvalue weighted by Crippen LogP contribution is 2.26. The highest BCUT2D eigenvalue weighted by atomic mass is 16.7. The van der Waals surface area contributed by atoms with Gasteiger partial charge < -0.3 is 45.1 Å². The Morgan fingerprint density at radius 3 is 1.24 bits per heavy atom. The molecular formula is C77H137NO10. The Balaban J connectivity index is 2.54. The third kappa shape index (κ3) is 50.5. The number of aliphatic hydroxyl groups is 5. The molecule has 1 heterocycles. The van der Waals surface area contributed by atoms with Crippen molar-refractivity contribution in [3.05, 3.63) is 85.1 Å². The second-order valence-electron chi connectivity index (χ2n) is 25.3. The zero-order valence-corrected chi connectivity index (χ0v) is 56.8. The summed E-state index contributed by atoms with van der Waals surface area (Å²) in [6.07, 6.45) is 74.9. The number of allylic oxidation sites excluding steroid dienone is 13. The summed E-state index contributed by atoms with van der Waals surface area (Å²) in [6.45, 7) is 5.69. The number of carbonyl (C=O) groups is 2. The molecule has 88 heavy (non-hydrogen) atoms. The van der Waals surface area contributed by atoms with Crippen LogP contribution in [0.25, 0.3) is 0 Å². The summed E-state index contributed by atoms with van der Waals surface area (Å²) in [5.41, 5.74) is 0. The number of esters is 1. The Hall–Kier alpha value is -3.16. The number of hydrogen-bond acceptors (Lipinski definition) is 10. The van der Waals surface area contributed by atoms with Gasteiger partial charge in [-0.2, -0.15) is 0 Å². The van der Waals surface area contributed by atoms with E-state index in [1.54, 1.807) is 6.08 Å². The van der Waals surface area contributed by atoms with E-state index in [9.17, 15) is 35.1 Å². The van der Waals surface area contributed by atoms with E-state index in [0.717, 1.165) is 96.3 Å². The molecule has 11 nitrogen and oxygen atoms in total. The number of rotatable bonds is 63. The molecule has 1 amide bonds. The summed E-state index contributed by atoms with van der Waals surface area (Å²) in [5, 5.41) is 57.3. The van der Waals surface area contributed by atoms with Crippen molar-refractivity contribution in [2.75, 3.05) is 13.2 Å². The fourth-order valence-corrected chi connectivity index (χ4v) is 11.3. The van der Waals surface area contributed by atoms with E-state index in [-0.39, 0.29) is 19.4 Å². The fraction of sp³-hybridized carbons (Fsp3) is 0.792. The maximum atomic E-state index is 13.5. The van der Waals surface area contributed by atoms with Crippen molar-refractivity contribution in [3.8, 4) is 0 Å². The lowest BCUT2D eigenvalue weighted by molar-refractivity contribution is -0.305. The first-order valence-electron chi connectivity index (χ1n) is 36.9. The van der Waals surface area contributed by atoms with Crippen LogP contribution in [0.3, 0.4) is 0 Å². The fourth-order valence-electron chi connectivity index (χ4n) is 11.3. The second kappa shape index (κ2) is 64.0. The van der Waals surface area contributed by atoms with Crippen LogP contribution in [0, 0.1) is 0 Å². The van der Waals surface area contributed by atoms with Crippen LogP contribution >= 0.6 is 0 Å². The van der Waals surface area contributed by atoms with E-state index in [4.69, 9.17) is 14.2 Å². The lowest BCUT2D eigenvalue weighted by Crippen LogP contribution is -2.61. The molecule has 1 saturated heterocycles. The van der Waals surface area contributed by atoms with Crippen LogP contribution in [0.15, 0.2) is 85.1 Å². The Labute approximate surface area is 540 Å².